The average molecular weight is 433 g/mol. The van der Waals surface area contributed by atoms with Crippen molar-refractivity contribution < 1.29 is 14.3 Å². The zero-order valence-electron chi connectivity index (χ0n) is 15.8. The van der Waals surface area contributed by atoms with Gasteiger partial charge in [0.15, 0.2) is 0 Å². The molecule has 0 aromatic heterocycles. The van der Waals surface area contributed by atoms with Crippen molar-refractivity contribution in [1.82, 2.24) is 5.32 Å². The van der Waals surface area contributed by atoms with Crippen molar-refractivity contribution in [2.75, 3.05) is 0 Å². The molecule has 0 saturated heterocycles. The van der Waals surface area contributed by atoms with Gasteiger partial charge >= 0.3 is 5.97 Å². The number of halogens is 3. The number of rotatable bonds is 4. The molecule has 7 heteroatoms. The fourth-order valence-corrected chi connectivity index (χ4v) is 4.77. The second-order valence-electron chi connectivity index (χ2n) is 7.05. The summed E-state index contributed by atoms with van der Waals surface area (Å²) < 4.78 is 14.7. The summed E-state index contributed by atoms with van der Waals surface area (Å²) in [4.78, 5) is 12.8. The van der Waals surface area contributed by atoms with E-state index in [2.05, 4.69) is 11.4 Å². The highest BCUT2D eigenvalue weighted by Gasteiger charge is 2.57. The molecule has 2 aromatic rings. The number of hydrogen-bond donors (Lipinski definition) is 2. The number of carboxylic acids is 1. The summed E-state index contributed by atoms with van der Waals surface area (Å²) >= 11 is 12.5. The summed E-state index contributed by atoms with van der Waals surface area (Å²) in [6.45, 7) is 3.40. The predicted octanol–water partition coefficient (Wildman–Crippen LogP) is 5.84. The number of carbonyl (C=O) groups is 1. The molecule has 2 N–H and O–H groups in total. The second-order valence-corrected chi connectivity index (χ2v) is 7.89. The third-order valence-corrected chi connectivity index (χ3v) is 6.24. The van der Waals surface area contributed by atoms with E-state index in [0.717, 1.165) is 0 Å². The molecule has 4 nitrogen and oxygen atoms in total. The Kier molecular flexibility index (Phi) is 5.88. The maximum atomic E-state index is 14.7. The first kappa shape index (κ1) is 21.2. The van der Waals surface area contributed by atoms with E-state index in [1.807, 2.05) is 0 Å². The predicted molar refractivity (Wildman–Crippen MR) is 110 cm³/mol. The molecule has 1 heterocycles. The highest BCUT2D eigenvalue weighted by molar-refractivity contribution is 6.35. The van der Waals surface area contributed by atoms with Gasteiger partial charge < -0.3 is 10.4 Å². The molecule has 0 saturated carbocycles. The molecule has 29 heavy (non-hydrogen) atoms. The topological polar surface area (TPSA) is 73.1 Å². The fraction of sp³-hybridized carbons (Fsp3) is 0.273. The van der Waals surface area contributed by atoms with Gasteiger partial charge in [-0.2, -0.15) is 5.26 Å². The number of nitrogens with zero attached hydrogens (tertiary/aromatic N) is 1. The first-order valence-electron chi connectivity index (χ1n) is 9.08. The third kappa shape index (κ3) is 3.37. The van der Waals surface area contributed by atoms with Crippen LogP contribution in [0.1, 0.15) is 43.4 Å². The normalized spacial score (nSPS) is 24.0. The minimum absolute atomic E-state index is 0.135. The molecular weight excluding hydrogens is 414 g/mol. The highest BCUT2D eigenvalue weighted by Crippen LogP contribution is 2.56. The molecule has 3 rings (SSSR count). The molecule has 2 aromatic carbocycles. The van der Waals surface area contributed by atoms with E-state index in [1.54, 1.807) is 44.2 Å². The summed E-state index contributed by atoms with van der Waals surface area (Å²) in [7, 11) is 0. The number of hydrogen-bond acceptors (Lipinski definition) is 3. The lowest BCUT2D eigenvalue weighted by molar-refractivity contribution is -0.153. The number of aliphatic carboxylic acids is 1. The van der Waals surface area contributed by atoms with Gasteiger partial charge in [0.1, 0.15) is 11.2 Å². The van der Waals surface area contributed by atoms with Crippen LogP contribution in [0.3, 0.4) is 0 Å². The lowest BCUT2D eigenvalue weighted by atomic mass is 9.59. The Bertz CT molecular complexity index is 1050. The Hall–Kier alpha value is -2.55. The summed E-state index contributed by atoms with van der Waals surface area (Å²) in [6.07, 6.45) is 0.135. The van der Waals surface area contributed by atoms with E-state index >= 15 is 0 Å². The molecule has 0 radical (unpaired) electrons. The summed E-state index contributed by atoms with van der Waals surface area (Å²) in [5.41, 5.74) is -0.111. The van der Waals surface area contributed by atoms with Crippen LogP contribution in [-0.2, 0) is 4.79 Å². The van der Waals surface area contributed by atoms with Crippen LogP contribution in [0.15, 0.2) is 53.7 Å². The SMILES string of the molecule is CCC1(C(=O)O)C(c2ccccc2F)NC(C)=C(C#N)C1c1ccc(Cl)cc1Cl. The maximum Gasteiger partial charge on any atom is 0.313 e. The Morgan fingerprint density at radius 1 is 1.28 bits per heavy atom. The van der Waals surface area contributed by atoms with E-state index in [4.69, 9.17) is 23.2 Å². The lowest BCUT2D eigenvalue weighted by Crippen LogP contribution is -2.51. The molecule has 3 unspecified atom stereocenters. The van der Waals surface area contributed by atoms with Crippen molar-refractivity contribution in [3.05, 3.63) is 80.7 Å². The maximum absolute atomic E-state index is 14.7. The summed E-state index contributed by atoms with van der Waals surface area (Å²) in [6, 6.07) is 12.1. The molecule has 0 fully saturated rings. The standard InChI is InChI=1S/C22H19Cl2FN2O2/c1-3-22(21(28)29)19(14-9-8-13(23)10-17(14)24)16(11-26)12(2)27-20(22)15-6-4-5-7-18(15)25/h4-10,19-20,27H,3H2,1-2H3,(H,28,29). The van der Waals surface area contributed by atoms with E-state index in [-0.39, 0.29) is 22.6 Å². The molecule has 150 valence electrons. The van der Waals surface area contributed by atoms with Gasteiger partial charge in [0.2, 0.25) is 0 Å². The minimum Gasteiger partial charge on any atom is -0.481 e. The van der Waals surface area contributed by atoms with Gasteiger partial charge in [0.05, 0.1) is 17.7 Å². The quantitative estimate of drug-likeness (QED) is 0.636. The van der Waals surface area contributed by atoms with Crippen molar-refractivity contribution in [3.8, 4) is 6.07 Å². The van der Waals surface area contributed by atoms with Gasteiger partial charge in [-0.05, 0) is 37.1 Å². The van der Waals surface area contributed by atoms with E-state index in [1.165, 1.54) is 12.1 Å². The van der Waals surface area contributed by atoms with Crippen molar-refractivity contribution in [2.24, 2.45) is 5.41 Å². The highest BCUT2D eigenvalue weighted by atomic mass is 35.5. The van der Waals surface area contributed by atoms with Crippen molar-refractivity contribution in [2.45, 2.75) is 32.2 Å². The lowest BCUT2D eigenvalue weighted by Gasteiger charge is -2.47. The van der Waals surface area contributed by atoms with E-state index < -0.39 is 29.2 Å². The van der Waals surface area contributed by atoms with Gasteiger partial charge in [0, 0.05) is 27.2 Å². The molecule has 0 aliphatic carbocycles. The molecule has 3 atom stereocenters. The molecule has 1 aliphatic heterocycles. The van der Waals surface area contributed by atoms with Crippen LogP contribution in [0, 0.1) is 22.6 Å². The largest absolute Gasteiger partial charge is 0.481 e. The van der Waals surface area contributed by atoms with Crippen molar-refractivity contribution >= 4 is 29.2 Å². The Morgan fingerprint density at radius 2 is 1.97 bits per heavy atom. The number of allylic oxidation sites excluding steroid dienone is 2. The van der Waals surface area contributed by atoms with Crippen LogP contribution < -0.4 is 5.32 Å². The number of benzene rings is 2. The van der Waals surface area contributed by atoms with Crippen LogP contribution in [-0.4, -0.2) is 11.1 Å². The Morgan fingerprint density at radius 3 is 2.52 bits per heavy atom. The molecular formula is C22H19Cl2FN2O2. The van der Waals surface area contributed by atoms with Crippen LogP contribution >= 0.6 is 23.2 Å². The van der Waals surface area contributed by atoms with Crippen molar-refractivity contribution in [3.63, 3.8) is 0 Å². The first-order valence-corrected chi connectivity index (χ1v) is 9.83. The van der Waals surface area contributed by atoms with E-state index in [9.17, 15) is 19.6 Å². The van der Waals surface area contributed by atoms with Crippen LogP contribution in [0.5, 0.6) is 0 Å². The number of carboxylic acid groups (broad SMARTS) is 1. The third-order valence-electron chi connectivity index (χ3n) is 5.68. The number of nitriles is 1. The first-order chi connectivity index (χ1) is 13.8. The zero-order chi connectivity index (χ0) is 21.3. The van der Waals surface area contributed by atoms with Gasteiger partial charge in [-0.25, -0.2) is 4.39 Å². The van der Waals surface area contributed by atoms with Gasteiger partial charge in [0.25, 0.3) is 0 Å². The molecule has 1 aliphatic rings. The monoisotopic (exact) mass is 432 g/mol. The van der Waals surface area contributed by atoms with Crippen LogP contribution in [0.4, 0.5) is 4.39 Å². The summed E-state index contributed by atoms with van der Waals surface area (Å²) in [5, 5.41) is 24.1. The fourth-order valence-electron chi connectivity index (χ4n) is 4.25. The van der Waals surface area contributed by atoms with Crippen LogP contribution in [0.2, 0.25) is 10.0 Å². The van der Waals surface area contributed by atoms with Crippen LogP contribution in [0.25, 0.3) is 0 Å². The van der Waals surface area contributed by atoms with Crippen molar-refractivity contribution in [1.29, 1.82) is 5.26 Å². The Labute approximate surface area is 178 Å². The zero-order valence-corrected chi connectivity index (χ0v) is 17.4. The molecule has 0 bridgehead atoms. The average Bonchev–Trinajstić information content (AvgIpc) is 2.68. The molecule has 0 amide bonds. The van der Waals surface area contributed by atoms with Gasteiger partial charge in [-0.1, -0.05) is 54.4 Å². The second kappa shape index (κ2) is 8.06. The summed E-state index contributed by atoms with van der Waals surface area (Å²) in [5.74, 6) is -2.54. The minimum atomic E-state index is -1.55. The van der Waals surface area contributed by atoms with Gasteiger partial charge in [-0.3, -0.25) is 4.79 Å². The number of nitrogens with one attached hydrogen (secondary N) is 1. The van der Waals surface area contributed by atoms with Gasteiger partial charge in [-0.15, -0.1) is 0 Å². The Balaban J connectivity index is 2.38. The van der Waals surface area contributed by atoms with E-state index in [0.29, 0.717) is 16.3 Å². The smallest absolute Gasteiger partial charge is 0.313 e. The molecule has 0 spiro atoms.